The van der Waals surface area contributed by atoms with E-state index in [1.807, 2.05) is 0 Å². The van der Waals surface area contributed by atoms with Crippen LogP contribution in [0.2, 0.25) is 10.3 Å². The first-order valence-corrected chi connectivity index (χ1v) is 4.56. The van der Waals surface area contributed by atoms with Crippen molar-refractivity contribution < 1.29 is 4.74 Å². The Morgan fingerprint density at radius 3 is 2.25 bits per heavy atom. The molecule has 0 bridgehead atoms. The molecule has 1 aromatic rings. The molecule has 0 aliphatic heterocycles. The maximum atomic E-state index is 5.72. The molecule has 0 aromatic carbocycles. The van der Waals surface area contributed by atoms with Crippen LogP contribution in [0.15, 0.2) is 4.47 Å². The summed E-state index contributed by atoms with van der Waals surface area (Å²) >= 11 is 14.6. The Morgan fingerprint density at radius 1 is 1.33 bits per heavy atom. The van der Waals surface area contributed by atoms with Gasteiger partial charge in [-0.2, -0.15) is 0 Å². The number of hydrogen-bond acceptors (Lipinski definition) is 3. The van der Waals surface area contributed by atoms with Crippen LogP contribution in [0.1, 0.15) is 5.82 Å². The van der Waals surface area contributed by atoms with Crippen molar-refractivity contribution in [3.8, 4) is 0 Å². The largest absolute Gasteiger partial charge is 0.377 e. The topological polar surface area (TPSA) is 35.0 Å². The van der Waals surface area contributed by atoms with E-state index < -0.39 is 0 Å². The highest BCUT2D eigenvalue weighted by Gasteiger charge is 2.07. The number of halogens is 3. The van der Waals surface area contributed by atoms with E-state index in [4.69, 9.17) is 27.9 Å². The summed E-state index contributed by atoms with van der Waals surface area (Å²) in [5.41, 5.74) is 0. The van der Waals surface area contributed by atoms with Crippen LogP contribution in [0.4, 0.5) is 0 Å². The monoisotopic (exact) mass is 270 g/mol. The van der Waals surface area contributed by atoms with Crippen molar-refractivity contribution in [2.75, 3.05) is 7.11 Å². The molecule has 1 rings (SSSR count). The Kier molecular flexibility index (Phi) is 3.71. The van der Waals surface area contributed by atoms with Gasteiger partial charge in [-0.15, -0.1) is 0 Å². The number of aromatic nitrogens is 2. The minimum absolute atomic E-state index is 0.294. The van der Waals surface area contributed by atoms with E-state index in [1.165, 1.54) is 0 Å². The minimum atomic E-state index is 0.294. The average Bonchev–Trinajstić information content (AvgIpc) is 2.01. The Hall–Kier alpha value is 0.1000. The highest BCUT2D eigenvalue weighted by atomic mass is 79.9. The summed E-state index contributed by atoms with van der Waals surface area (Å²) in [7, 11) is 1.55. The number of rotatable bonds is 2. The molecule has 0 aliphatic rings. The molecule has 0 aliphatic carbocycles. The molecule has 0 fully saturated rings. The van der Waals surface area contributed by atoms with Gasteiger partial charge in [-0.05, 0) is 15.9 Å². The van der Waals surface area contributed by atoms with Gasteiger partial charge in [0.15, 0.2) is 5.82 Å². The van der Waals surface area contributed by atoms with Crippen molar-refractivity contribution in [3.05, 3.63) is 20.6 Å². The van der Waals surface area contributed by atoms with Crippen molar-refractivity contribution in [1.82, 2.24) is 9.97 Å². The summed E-state index contributed by atoms with van der Waals surface area (Å²) in [4.78, 5) is 7.84. The van der Waals surface area contributed by atoms with Crippen LogP contribution >= 0.6 is 39.1 Å². The lowest BCUT2D eigenvalue weighted by Gasteiger charge is -2.01. The summed E-state index contributed by atoms with van der Waals surface area (Å²) in [6.45, 7) is 0.298. The van der Waals surface area contributed by atoms with Crippen LogP contribution in [0.5, 0.6) is 0 Å². The summed E-state index contributed by atoms with van der Waals surface area (Å²) < 4.78 is 5.33. The Balaban J connectivity index is 3.04. The van der Waals surface area contributed by atoms with Gasteiger partial charge in [0, 0.05) is 7.11 Å². The van der Waals surface area contributed by atoms with Crippen molar-refractivity contribution in [3.63, 3.8) is 0 Å². The lowest BCUT2D eigenvalue weighted by molar-refractivity contribution is 0.177. The van der Waals surface area contributed by atoms with E-state index >= 15 is 0 Å². The fraction of sp³-hybridized carbons (Fsp3) is 0.333. The van der Waals surface area contributed by atoms with Crippen LogP contribution in [0, 0.1) is 0 Å². The molecular formula is C6H5BrCl2N2O. The molecule has 1 aromatic heterocycles. The van der Waals surface area contributed by atoms with Gasteiger partial charge >= 0.3 is 0 Å². The molecule has 3 nitrogen and oxygen atoms in total. The molecule has 0 amide bonds. The molecule has 0 N–H and O–H groups in total. The van der Waals surface area contributed by atoms with E-state index in [0.717, 1.165) is 0 Å². The SMILES string of the molecule is COCc1nc(Cl)c(Br)c(Cl)n1. The zero-order chi connectivity index (χ0) is 9.14. The number of ether oxygens (including phenoxy) is 1. The lowest BCUT2D eigenvalue weighted by atomic mass is 10.6. The zero-order valence-electron chi connectivity index (χ0n) is 6.14. The third kappa shape index (κ3) is 2.29. The van der Waals surface area contributed by atoms with Crippen LogP contribution in [-0.2, 0) is 11.3 Å². The number of hydrogen-bond donors (Lipinski definition) is 0. The molecule has 0 saturated heterocycles. The van der Waals surface area contributed by atoms with Crippen molar-refractivity contribution in [1.29, 1.82) is 0 Å². The molecule has 0 unspecified atom stereocenters. The van der Waals surface area contributed by atoms with Crippen LogP contribution in [-0.4, -0.2) is 17.1 Å². The minimum Gasteiger partial charge on any atom is -0.377 e. The first kappa shape index (κ1) is 10.2. The second kappa shape index (κ2) is 4.37. The molecule has 0 radical (unpaired) electrons. The molecule has 0 saturated carbocycles. The second-order valence-corrected chi connectivity index (χ2v) is 3.48. The fourth-order valence-corrected chi connectivity index (χ4v) is 1.23. The first-order valence-electron chi connectivity index (χ1n) is 3.01. The van der Waals surface area contributed by atoms with Gasteiger partial charge in [0.25, 0.3) is 0 Å². The van der Waals surface area contributed by atoms with Gasteiger partial charge in [0.1, 0.15) is 16.9 Å². The first-order chi connectivity index (χ1) is 5.65. The standard InChI is InChI=1S/C6H5BrCl2N2O/c1-12-2-3-10-5(8)4(7)6(9)11-3/h2H2,1H3. The Morgan fingerprint density at radius 2 is 1.83 bits per heavy atom. The summed E-state index contributed by atoms with van der Waals surface area (Å²) in [6, 6.07) is 0. The zero-order valence-corrected chi connectivity index (χ0v) is 9.24. The molecule has 6 heteroatoms. The summed E-state index contributed by atoms with van der Waals surface area (Å²) in [6.07, 6.45) is 0. The Bertz CT molecular complexity index is 272. The van der Waals surface area contributed by atoms with Gasteiger partial charge in [-0.3, -0.25) is 0 Å². The van der Waals surface area contributed by atoms with Crippen molar-refractivity contribution >= 4 is 39.1 Å². The average molecular weight is 272 g/mol. The molecule has 66 valence electrons. The Labute approximate surface area is 88.2 Å². The number of methoxy groups -OCH3 is 1. The second-order valence-electron chi connectivity index (χ2n) is 1.97. The van der Waals surface area contributed by atoms with Crippen LogP contribution in [0.3, 0.4) is 0 Å². The van der Waals surface area contributed by atoms with E-state index in [0.29, 0.717) is 27.2 Å². The quantitative estimate of drug-likeness (QED) is 0.776. The number of nitrogens with zero attached hydrogens (tertiary/aromatic N) is 2. The van der Waals surface area contributed by atoms with E-state index in [1.54, 1.807) is 7.11 Å². The predicted molar refractivity (Wildman–Crippen MR) is 50.5 cm³/mol. The third-order valence-corrected chi connectivity index (χ3v) is 2.84. The van der Waals surface area contributed by atoms with Gasteiger partial charge in [0.05, 0.1) is 4.47 Å². The molecule has 1 heterocycles. The van der Waals surface area contributed by atoms with Gasteiger partial charge in [-0.1, -0.05) is 23.2 Å². The van der Waals surface area contributed by atoms with Crippen molar-refractivity contribution in [2.24, 2.45) is 0 Å². The van der Waals surface area contributed by atoms with Gasteiger partial charge in [-0.25, -0.2) is 9.97 Å². The third-order valence-electron chi connectivity index (χ3n) is 1.09. The van der Waals surface area contributed by atoms with Crippen molar-refractivity contribution in [2.45, 2.75) is 6.61 Å². The van der Waals surface area contributed by atoms with Crippen LogP contribution in [0.25, 0.3) is 0 Å². The summed E-state index contributed by atoms with van der Waals surface area (Å²) in [5, 5.41) is 0.587. The maximum Gasteiger partial charge on any atom is 0.157 e. The maximum absolute atomic E-state index is 5.72. The fourth-order valence-electron chi connectivity index (χ4n) is 0.629. The highest BCUT2D eigenvalue weighted by Crippen LogP contribution is 2.26. The highest BCUT2D eigenvalue weighted by molar-refractivity contribution is 9.10. The van der Waals surface area contributed by atoms with E-state index in [9.17, 15) is 0 Å². The van der Waals surface area contributed by atoms with Crippen LogP contribution < -0.4 is 0 Å². The van der Waals surface area contributed by atoms with Gasteiger partial charge < -0.3 is 4.74 Å². The molecular weight excluding hydrogens is 267 g/mol. The van der Waals surface area contributed by atoms with Gasteiger partial charge in [0.2, 0.25) is 0 Å². The molecule has 0 atom stereocenters. The molecule has 12 heavy (non-hydrogen) atoms. The lowest BCUT2D eigenvalue weighted by Crippen LogP contribution is -1.97. The van der Waals surface area contributed by atoms with E-state index in [-0.39, 0.29) is 0 Å². The predicted octanol–water partition coefficient (Wildman–Crippen LogP) is 2.69. The summed E-state index contributed by atoms with van der Waals surface area (Å²) in [5.74, 6) is 0.468. The van der Waals surface area contributed by atoms with E-state index in [2.05, 4.69) is 25.9 Å². The smallest absolute Gasteiger partial charge is 0.157 e. The normalized spacial score (nSPS) is 10.3. The molecule has 0 spiro atoms.